The smallest absolute Gasteiger partial charge is 0.126 e. The minimum atomic E-state index is -1.27. The first kappa shape index (κ1) is 55.1. The molecule has 8 aromatic carbocycles. The molecule has 0 saturated heterocycles. The summed E-state index contributed by atoms with van der Waals surface area (Å²) in [5.74, 6) is 5.82. The predicted octanol–water partition coefficient (Wildman–Crippen LogP) is 12.6. The van der Waals surface area contributed by atoms with Crippen molar-refractivity contribution in [3.8, 4) is 46.0 Å². The van der Waals surface area contributed by atoms with Crippen molar-refractivity contribution >= 4 is 55.5 Å². The Morgan fingerprint density at radius 2 is 0.480 bits per heavy atom. The van der Waals surface area contributed by atoms with E-state index >= 15 is 0 Å². The fraction of sp³-hybridized carbons (Fsp3) is 0.238. The van der Waals surface area contributed by atoms with Crippen molar-refractivity contribution in [2.45, 2.75) is 16.7 Å². The Labute approximate surface area is 451 Å². The lowest BCUT2D eigenvalue weighted by Gasteiger charge is -2.48. The van der Waals surface area contributed by atoms with Crippen LogP contribution in [0.1, 0.15) is 28.7 Å². The Morgan fingerprint density at radius 1 is 0.293 bits per heavy atom. The van der Waals surface area contributed by atoms with Crippen molar-refractivity contribution < 1.29 is 37.9 Å². The molecule has 0 aliphatic rings. The Morgan fingerprint density at radius 3 is 0.693 bits per heavy atom. The van der Waals surface area contributed by atoms with Gasteiger partial charge in [0.1, 0.15) is 46.0 Å². The second kappa shape index (κ2) is 25.6. The highest BCUT2D eigenvalue weighted by atomic mass is 31.1. The molecular weight excluding hydrogens is 1010 g/mol. The van der Waals surface area contributed by atoms with Crippen LogP contribution < -0.4 is 59.1 Å². The summed E-state index contributed by atoms with van der Waals surface area (Å²) in [6.45, 7) is 0. The Bertz CT molecular complexity index is 2750. The van der Waals surface area contributed by atoms with Gasteiger partial charge in [-0.15, -0.1) is 18.5 Å². The number of methoxy groups -OCH3 is 8. The molecular formula is C63H68O8P4. The molecule has 0 radical (unpaired) electrons. The van der Waals surface area contributed by atoms with Crippen LogP contribution in [0.3, 0.4) is 0 Å². The lowest BCUT2D eigenvalue weighted by Crippen LogP contribution is -2.42. The fourth-order valence-corrected chi connectivity index (χ4v) is 18.5. The minimum absolute atomic E-state index is 0.238. The normalized spacial score (nSPS) is 12.4. The van der Waals surface area contributed by atoms with Gasteiger partial charge in [0.2, 0.25) is 0 Å². The summed E-state index contributed by atoms with van der Waals surface area (Å²) in [5, 5.41) is 2.64. The number of benzene rings is 8. The summed E-state index contributed by atoms with van der Waals surface area (Å²) in [5.41, 5.74) is 4.01. The van der Waals surface area contributed by atoms with Crippen LogP contribution in [0.4, 0.5) is 0 Å². The van der Waals surface area contributed by atoms with Crippen LogP contribution >= 0.6 is 34.3 Å². The lowest BCUT2D eigenvalue weighted by molar-refractivity contribution is 0.306. The van der Waals surface area contributed by atoms with Gasteiger partial charge in [-0.25, -0.2) is 0 Å². The summed E-state index contributed by atoms with van der Waals surface area (Å²) in [6, 6.07) is 67.4. The highest BCUT2D eigenvalue weighted by Crippen LogP contribution is 2.62. The van der Waals surface area contributed by atoms with Crippen LogP contribution in [0, 0.1) is 11.8 Å². The maximum absolute atomic E-state index is 6.44. The van der Waals surface area contributed by atoms with Crippen LogP contribution in [-0.4, -0.2) is 69.2 Å². The van der Waals surface area contributed by atoms with Gasteiger partial charge in [-0.05, 0) is 95.0 Å². The Kier molecular flexibility index (Phi) is 18.8. The van der Waals surface area contributed by atoms with Crippen LogP contribution in [0.15, 0.2) is 194 Å². The maximum Gasteiger partial charge on any atom is 0.126 e. The number of para-hydroxylation sites is 8. The van der Waals surface area contributed by atoms with E-state index in [2.05, 4.69) is 164 Å². The van der Waals surface area contributed by atoms with Crippen molar-refractivity contribution in [3.63, 3.8) is 0 Å². The zero-order valence-electron chi connectivity index (χ0n) is 44.1. The van der Waals surface area contributed by atoms with Crippen molar-refractivity contribution in [1.29, 1.82) is 0 Å². The second-order valence-electron chi connectivity index (χ2n) is 18.1. The third-order valence-electron chi connectivity index (χ3n) is 14.4. The van der Waals surface area contributed by atoms with Crippen LogP contribution in [0.2, 0.25) is 0 Å². The number of rotatable bonds is 24. The van der Waals surface area contributed by atoms with E-state index in [0.29, 0.717) is 18.7 Å². The van der Waals surface area contributed by atoms with Crippen molar-refractivity contribution in [2.75, 3.05) is 69.2 Å². The van der Waals surface area contributed by atoms with Crippen molar-refractivity contribution in [2.24, 2.45) is 11.8 Å². The van der Waals surface area contributed by atoms with Crippen LogP contribution in [-0.2, 0) is 10.3 Å². The Hall–Kier alpha value is -6.12. The summed E-state index contributed by atoms with van der Waals surface area (Å²) in [7, 11) is 18.4. The van der Waals surface area contributed by atoms with E-state index in [-0.39, 0.29) is 11.8 Å². The predicted molar refractivity (Wildman–Crippen MR) is 319 cm³/mol. The Balaban J connectivity index is 1.54. The lowest BCUT2D eigenvalue weighted by atomic mass is 9.70. The molecule has 8 aromatic rings. The van der Waals surface area contributed by atoms with Gasteiger partial charge in [0, 0.05) is 53.8 Å². The summed E-state index contributed by atoms with van der Waals surface area (Å²) in [6.07, 6.45) is 1.93. The standard InChI is InChI=1S/C63H68O8P4/c1-64-50-29-13-9-25-46(50)62(72,47-26-10-14-30-51(47)65-2)44(42-74(58-37-21-17-33-54(58)68-5)59-38-22-18-34-55(59)69-6)41-45(43-75(60-39-23-19-35-56(60)70-7)61-40-24-20-36-57(61)71-8)63(73,48-27-11-15-31-52(48)66-3)49-28-12-16-32-53(49)67-4/h9-40,44-45H,41-43,72-73H2,1-8H3. The van der Waals surface area contributed by atoms with E-state index in [1.165, 1.54) is 0 Å². The molecule has 0 aliphatic carbocycles. The molecule has 388 valence electrons. The molecule has 0 spiro atoms. The quantitative estimate of drug-likeness (QED) is 0.0554. The molecule has 0 amide bonds. The van der Waals surface area contributed by atoms with Gasteiger partial charge in [-0.1, -0.05) is 146 Å². The zero-order chi connectivity index (χ0) is 53.0. The largest absolute Gasteiger partial charge is 0.496 e. The molecule has 0 aromatic heterocycles. The van der Waals surface area contributed by atoms with Gasteiger partial charge < -0.3 is 37.9 Å². The topological polar surface area (TPSA) is 73.8 Å². The number of hydrogen-bond acceptors (Lipinski definition) is 8. The van der Waals surface area contributed by atoms with Crippen molar-refractivity contribution in [3.05, 3.63) is 216 Å². The van der Waals surface area contributed by atoms with Crippen molar-refractivity contribution in [1.82, 2.24) is 0 Å². The molecule has 8 rings (SSSR count). The zero-order valence-corrected chi connectivity index (χ0v) is 48.2. The molecule has 0 N–H and O–H groups in total. The molecule has 12 heteroatoms. The molecule has 0 fully saturated rings. The van der Waals surface area contributed by atoms with Gasteiger partial charge in [0.05, 0.1) is 56.9 Å². The molecule has 0 aliphatic heterocycles. The summed E-state index contributed by atoms with van der Waals surface area (Å²) in [4.78, 5) is 0. The molecule has 4 unspecified atom stereocenters. The van der Waals surface area contributed by atoms with Gasteiger partial charge in [-0.3, -0.25) is 0 Å². The monoisotopic (exact) mass is 1080 g/mol. The van der Waals surface area contributed by atoms with Gasteiger partial charge in [0.15, 0.2) is 0 Å². The molecule has 8 nitrogen and oxygen atoms in total. The number of hydrogen-bond donors (Lipinski definition) is 0. The third-order valence-corrected chi connectivity index (χ3v) is 22.0. The average molecular weight is 1080 g/mol. The van der Waals surface area contributed by atoms with E-state index < -0.39 is 26.2 Å². The van der Waals surface area contributed by atoms with E-state index in [4.69, 9.17) is 37.9 Å². The number of ether oxygens (including phenoxy) is 8. The average Bonchev–Trinajstić information content (AvgIpc) is 3.48. The van der Waals surface area contributed by atoms with E-state index in [0.717, 1.165) is 89.5 Å². The molecule has 0 bridgehead atoms. The first-order valence-corrected chi connectivity index (χ1v) is 29.0. The maximum atomic E-state index is 6.44. The van der Waals surface area contributed by atoms with Gasteiger partial charge in [0.25, 0.3) is 0 Å². The minimum Gasteiger partial charge on any atom is -0.496 e. The SMILES string of the molecule is COc1ccccc1P(CC(CC(CP(c1ccccc1OC)c1ccccc1OC)C(P)(c1ccccc1OC)c1ccccc1OC)C(P)(c1ccccc1OC)c1ccccc1OC)c1ccccc1OC. The third kappa shape index (κ3) is 11.2. The van der Waals surface area contributed by atoms with E-state index in [1.807, 2.05) is 48.5 Å². The van der Waals surface area contributed by atoms with E-state index in [9.17, 15) is 0 Å². The fourth-order valence-electron chi connectivity index (χ4n) is 10.8. The van der Waals surface area contributed by atoms with Crippen LogP contribution in [0.5, 0.6) is 46.0 Å². The highest BCUT2D eigenvalue weighted by Gasteiger charge is 2.50. The molecule has 4 atom stereocenters. The molecule has 75 heavy (non-hydrogen) atoms. The second-order valence-corrected chi connectivity index (χ2v) is 24.3. The summed E-state index contributed by atoms with van der Waals surface area (Å²) < 4.78 is 51.0. The first-order chi connectivity index (χ1) is 36.6. The van der Waals surface area contributed by atoms with Gasteiger partial charge in [-0.2, -0.15) is 0 Å². The molecule has 0 heterocycles. The molecule has 0 saturated carbocycles. The first-order valence-electron chi connectivity index (χ1n) is 24.8. The summed E-state index contributed by atoms with van der Waals surface area (Å²) >= 11 is 0. The van der Waals surface area contributed by atoms with Crippen LogP contribution in [0.25, 0.3) is 0 Å². The van der Waals surface area contributed by atoms with Gasteiger partial charge >= 0.3 is 0 Å². The van der Waals surface area contributed by atoms with E-state index in [1.54, 1.807) is 56.9 Å². The highest BCUT2D eigenvalue weighted by molar-refractivity contribution is 7.73.